The summed E-state index contributed by atoms with van der Waals surface area (Å²) in [5, 5.41) is 8.88. The molecule has 11 heavy (non-hydrogen) atoms. The molecule has 0 aromatic carbocycles. The van der Waals surface area contributed by atoms with Crippen molar-refractivity contribution in [3.63, 3.8) is 0 Å². The van der Waals surface area contributed by atoms with E-state index in [0.717, 1.165) is 5.57 Å². The fourth-order valence-electron chi connectivity index (χ4n) is 1.16. The van der Waals surface area contributed by atoms with Crippen molar-refractivity contribution in [3.05, 3.63) is 17.9 Å². The number of ether oxygens (including phenoxy) is 1. The second-order valence-corrected chi connectivity index (χ2v) is 2.92. The minimum absolute atomic E-state index is 0.0447. The number of nitrogens with one attached hydrogen (secondary N) is 1. The van der Waals surface area contributed by atoms with E-state index in [1.165, 1.54) is 0 Å². The molecule has 0 aromatic heterocycles. The summed E-state index contributed by atoms with van der Waals surface area (Å²) < 4.78 is 5.30. The van der Waals surface area contributed by atoms with Crippen LogP contribution in [0.4, 0.5) is 0 Å². The van der Waals surface area contributed by atoms with Gasteiger partial charge in [-0.05, 0) is 13.8 Å². The first-order chi connectivity index (χ1) is 5.15. The Morgan fingerprint density at radius 1 is 1.91 bits per heavy atom. The average molecular weight is 155 g/mol. The Hall–Kier alpha value is -0.600. The van der Waals surface area contributed by atoms with E-state index in [1.807, 2.05) is 13.8 Å². The molecule has 0 aromatic rings. The minimum atomic E-state index is -0.512. The monoisotopic (exact) mass is 155 g/mol. The summed E-state index contributed by atoms with van der Waals surface area (Å²) in [5.41, 5.74) is 5.34. The molecule has 0 bridgehead atoms. The van der Waals surface area contributed by atoms with Gasteiger partial charge < -0.3 is 9.94 Å². The molecule has 1 aliphatic heterocycles. The van der Waals surface area contributed by atoms with Crippen molar-refractivity contribution < 1.29 is 9.94 Å². The van der Waals surface area contributed by atoms with Crippen LogP contribution in [-0.4, -0.2) is 23.5 Å². The Morgan fingerprint density at radius 3 is 2.91 bits per heavy atom. The van der Waals surface area contributed by atoms with Gasteiger partial charge in [-0.3, -0.25) is 0 Å². The van der Waals surface area contributed by atoms with Gasteiger partial charge in [0.2, 0.25) is 0 Å². The van der Waals surface area contributed by atoms with E-state index < -0.39 is 5.54 Å². The van der Waals surface area contributed by atoms with Gasteiger partial charge in [0.1, 0.15) is 0 Å². The maximum Gasteiger partial charge on any atom is 0.0964 e. The number of hydroxylamine groups is 1. The van der Waals surface area contributed by atoms with Gasteiger partial charge in [-0.25, -0.2) is 0 Å². The van der Waals surface area contributed by atoms with E-state index >= 15 is 0 Å². The topological polar surface area (TPSA) is 41.5 Å². The molecule has 0 saturated carbocycles. The highest BCUT2D eigenvalue weighted by Crippen LogP contribution is 2.28. The molecule has 2 atom stereocenters. The Bertz CT molecular complexity index is 208. The molecule has 0 amide bonds. The molecule has 1 saturated heterocycles. The van der Waals surface area contributed by atoms with Crippen LogP contribution < -0.4 is 5.48 Å². The molecule has 0 aliphatic carbocycles. The number of hydrogen-bond donors (Lipinski definition) is 2. The molecule has 0 radical (unpaired) electrons. The van der Waals surface area contributed by atoms with Crippen LogP contribution >= 0.6 is 0 Å². The minimum Gasteiger partial charge on any atom is -0.371 e. The van der Waals surface area contributed by atoms with Crippen molar-refractivity contribution >= 4 is 0 Å². The van der Waals surface area contributed by atoms with Crippen molar-refractivity contribution in [2.75, 3.05) is 6.61 Å². The molecule has 0 spiro atoms. The first kappa shape index (κ1) is 8.50. The van der Waals surface area contributed by atoms with Gasteiger partial charge in [0.25, 0.3) is 0 Å². The van der Waals surface area contributed by atoms with E-state index in [2.05, 4.69) is 17.8 Å². The highest BCUT2D eigenvalue weighted by Gasteiger charge is 2.41. The fraction of sp³-hybridized carbons (Fsp3) is 0.625. The molecular formula is C8H13NO2. The van der Waals surface area contributed by atoms with Gasteiger partial charge in [-0.15, -0.1) is 5.73 Å². The number of hydrogen-bond acceptors (Lipinski definition) is 3. The molecule has 1 heterocycles. The summed E-state index contributed by atoms with van der Waals surface area (Å²) in [4.78, 5) is 0. The summed E-state index contributed by atoms with van der Waals surface area (Å²) in [6, 6.07) is 0. The predicted molar refractivity (Wildman–Crippen MR) is 41.4 cm³/mol. The molecule has 1 fully saturated rings. The molecular weight excluding hydrogens is 142 g/mol. The lowest BCUT2D eigenvalue weighted by atomic mass is 9.91. The largest absolute Gasteiger partial charge is 0.371 e. The smallest absolute Gasteiger partial charge is 0.0964 e. The van der Waals surface area contributed by atoms with E-state index in [-0.39, 0.29) is 6.10 Å². The van der Waals surface area contributed by atoms with Crippen LogP contribution in [0.2, 0.25) is 0 Å². The molecule has 1 aliphatic rings. The van der Waals surface area contributed by atoms with Crippen molar-refractivity contribution in [2.45, 2.75) is 25.5 Å². The lowest BCUT2D eigenvalue weighted by Gasteiger charge is -2.25. The lowest BCUT2D eigenvalue weighted by molar-refractivity contribution is 0.0213. The summed E-state index contributed by atoms with van der Waals surface area (Å²) in [5.74, 6) is 0. The highest BCUT2D eigenvalue weighted by molar-refractivity contribution is 5.23. The van der Waals surface area contributed by atoms with Crippen molar-refractivity contribution in [1.29, 1.82) is 0 Å². The van der Waals surface area contributed by atoms with Gasteiger partial charge in [0.05, 0.1) is 18.2 Å². The van der Waals surface area contributed by atoms with E-state index in [0.29, 0.717) is 6.61 Å². The van der Waals surface area contributed by atoms with Crippen LogP contribution in [0.15, 0.2) is 17.9 Å². The van der Waals surface area contributed by atoms with Crippen LogP contribution in [0, 0.1) is 0 Å². The third kappa shape index (κ3) is 1.12. The molecule has 0 unspecified atom stereocenters. The van der Waals surface area contributed by atoms with Gasteiger partial charge in [-0.1, -0.05) is 6.58 Å². The standard InChI is InChI=1S/C8H13NO2/c1-4-7-5-11-6(2)8(7,3)9-10/h6,9-10H,1,5H2,2-3H3/t6-,8-/m1/s1. The summed E-state index contributed by atoms with van der Waals surface area (Å²) >= 11 is 0. The van der Waals surface area contributed by atoms with Gasteiger partial charge in [0.15, 0.2) is 0 Å². The van der Waals surface area contributed by atoms with Gasteiger partial charge in [0, 0.05) is 5.57 Å². The molecule has 3 heteroatoms. The zero-order valence-corrected chi connectivity index (χ0v) is 6.85. The van der Waals surface area contributed by atoms with Gasteiger partial charge in [-0.2, -0.15) is 5.48 Å². The quantitative estimate of drug-likeness (QED) is 0.436. The van der Waals surface area contributed by atoms with Gasteiger partial charge >= 0.3 is 0 Å². The zero-order chi connectivity index (χ0) is 8.48. The van der Waals surface area contributed by atoms with Crippen LogP contribution in [0.25, 0.3) is 0 Å². The first-order valence-electron chi connectivity index (χ1n) is 3.57. The second-order valence-electron chi connectivity index (χ2n) is 2.92. The van der Waals surface area contributed by atoms with Crippen LogP contribution in [-0.2, 0) is 4.74 Å². The first-order valence-corrected chi connectivity index (χ1v) is 3.57. The van der Waals surface area contributed by atoms with Crippen LogP contribution in [0.3, 0.4) is 0 Å². The Labute approximate surface area is 66.3 Å². The summed E-state index contributed by atoms with van der Waals surface area (Å²) in [6.45, 7) is 7.78. The molecule has 2 N–H and O–H groups in total. The summed E-state index contributed by atoms with van der Waals surface area (Å²) in [7, 11) is 0. The van der Waals surface area contributed by atoms with Crippen molar-refractivity contribution in [1.82, 2.24) is 5.48 Å². The Morgan fingerprint density at radius 2 is 2.55 bits per heavy atom. The van der Waals surface area contributed by atoms with Crippen LogP contribution in [0.5, 0.6) is 0 Å². The maximum absolute atomic E-state index is 8.88. The van der Waals surface area contributed by atoms with Crippen molar-refractivity contribution in [2.24, 2.45) is 0 Å². The van der Waals surface area contributed by atoms with Crippen molar-refractivity contribution in [3.8, 4) is 0 Å². The lowest BCUT2D eigenvalue weighted by Crippen LogP contribution is -2.47. The fourth-order valence-corrected chi connectivity index (χ4v) is 1.16. The zero-order valence-electron chi connectivity index (χ0n) is 6.85. The molecule has 1 rings (SSSR count). The van der Waals surface area contributed by atoms with Crippen LogP contribution in [0.1, 0.15) is 13.8 Å². The highest BCUT2D eigenvalue weighted by atomic mass is 16.5. The van der Waals surface area contributed by atoms with E-state index in [4.69, 9.17) is 9.94 Å². The average Bonchev–Trinajstić information content (AvgIpc) is 2.30. The summed E-state index contributed by atoms with van der Waals surface area (Å²) in [6.07, 6.45) is -0.0447. The van der Waals surface area contributed by atoms with E-state index in [1.54, 1.807) is 0 Å². The molecule has 62 valence electrons. The SMILES string of the molecule is C=C=C1CO[C@H](C)[C@@]1(C)NO. The Kier molecular flexibility index (Phi) is 2.16. The second kappa shape index (κ2) is 2.80. The maximum atomic E-state index is 8.88. The normalized spacial score (nSPS) is 37.4. The third-order valence-corrected chi connectivity index (χ3v) is 2.36. The third-order valence-electron chi connectivity index (χ3n) is 2.36. The number of rotatable bonds is 1. The Balaban J connectivity index is 2.96. The predicted octanol–water partition coefficient (Wildman–Crippen LogP) is 0.854. The van der Waals surface area contributed by atoms with E-state index in [9.17, 15) is 0 Å². The molecule has 3 nitrogen and oxygen atoms in total.